The molecule has 0 aromatic heterocycles. The third kappa shape index (κ3) is 4.37. The van der Waals surface area contributed by atoms with E-state index >= 15 is 0 Å². The summed E-state index contributed by atoms with van der Waals surface area (Å²) in [6.07, 6.45) is -3.91. The molecule has 1 fully saturated rings. The lowest BCUT2D eigenvalue weighted by Crippen LogP contribution is -2.47. The Hall–Kier alpha value is -0.980. The lowest BCUT2D eigenvalue weighted by molar-refractivity contribution is -0.122. The van der Waals surface area contributed by atoms with Gasteiger partial charge < -0.3 is 15.4 Å². The van der Waals surface area contributed by atoms with Gasteiger partial charge in [-0.2, -0.15) is 13.2 Å². The first-order chi connectivity index (χ1) is 6.88. The zero-order chi connectivity index (χ0) is 11.5. The van der Waals surface area contributed by atoms with E-state index in [2.05, 4.69) is 5.32 Å². The van der Waals surface area contributed by atoms with Crippen LogP contribution in [0.5, 0.6) is 0 Å². The van der Waals surface area contributed by atoms with Crippen LogP contribution in [-0.4, -0.2) is 37.5 Å². The van der Waals surface area contributed by atoms with Crippen molar-refractivity contribution in [3.8, 4) is 0 Å². The van der Waals surface area contributed by atoms with Crippen LogP contribution in [0.4, 0.5) is 18.0 Å². The Morgan fingerprint density at radius 2 is 2.20 bits per heavy atom. The van der Waals surface area contributed by atoms with E-state index in [9.17, 15) is 18.0 Å². The summed E-state index contributed by atoms with van der Waals surface area (Å²) in [5, 5.41) is 4.17. The fourth-order valence-corrected chi connectivity index (χ4v) is 1.32. The van der Waals surface area contributed by atoms with Crippen LogP contribution >= 0.6 is 0 Å². The molecule has 0 bridgehead atoms. The van der Waals surface area contributed by atoms with E-state index in [-0.39, 0.29) is 12.1 Å². The Kier molecular flexibility index (Phi) is 3.78. The average Bonchev–Trinajstić information content (AvgIpc) is 2.47. The normalized spacial score (nSPS) is 26.4. The van der Waals surface area contributed by atoms with Crippen molar-refractivity contribution in [2.24, 2.45) is 0 Å². The topological polar surface area (TPSA) is 50.4 Å². The quantitative estimate of drug-likeness (QED) is 0.738. The van der Waals surface area contributed by atoms with Gasteiger partial charge in [-0.05, 0) is 13.3 Å². The number of urea groups is 1. The summed E-state index contributed by atoms with van der Waals surface area (Å²) in [6.45, 7) is 0.966. The predicted octanol–water partition coefficient (Wildman–Crippen LogP) is 1.03. The molecule has 88 valence electrons. The SMILES string of the molecule is CC1OCCC1NC(=O)NCC(F)(F)F. The lowest BCUT2D eigenvalue weighted by atomic mass is 10.2. The maximum absolute atomic E-state index is 11.7. The van der Waals surface area contributed by atoms with Gasteiger partial charge in [-0.1, -0.05) is 0 Å². The van der Waals surface area contributed by atoms with Crippen LogP contribution in [0.1, 0.15) is 13.3 Å². The molecular weight excluding hydrogens is 213 g/mol. The Labute approximate surface area is 85.2 Å². The zero-order valence-electron chi connectivity index (χ0n) is 8.23. The summed E-state index contributed by atoms with van der Waals surface area (Å²) in [5.41, 5.74) is 0. The van der Waals surface area contributed by atoms with Crippen LogP contribution in [0.2, 0.25) is 0 Å². The Balaban J connectivity index is 2.24. The fraction of sp³-hybridized carbons (Fsp3) is 0.875. The third-order valence-corrected chi connectivity index (χ3v) is 2.14. The second-order valence-corrected chi connectivity index (χ2v) is 3.41. The molecule has 2 unspecified atom stereocenters. The van der Waals surface area contributed by atoms with Gasteiger partial charge in [0.1, 0.15) is 6.54 Å². The van der Waals surface area contributed by atoms with E-state index in [4.69, 9.17) is 4.74 Å². The van der Waals surface area contributed by atoms with Crippen molar-refractivity contribution in [3.05, 3.63) is 0 Å². The number of rotatable bonds is 2. The van der Waals surface area contributed by atoms with Gasteiger partial charge in [0.15, 0.2) is 0 Å². The minimum Gasteiger partial charge on any atom is -0.376 e. The van der Waals surface area contributed by atoms with Crippen LogP contribution in [0, 0.1) is 0 Å². The minimum atomic E-state index is -4.38. The van der Waals surface area contributed by atoms with E-state index in [1.807, 2.05) is 0 Å². The van der Waals surface area contributed by atoms with Gasteiger partial charge in [0, 0.05) is 6.61 Å². The van der Waals surface area contributed by atoms with Gasteiger partial charge in [0.25, 0.3) is 0 Å². The standard InChI is InChI=1S/C8H13F3N2O2/c1-5-6(2-3-15-5)13-7(14)12-4-8(9,10)11/h5-6H,2-4H2,1H3,(H2,12,13,14). The summed E-state index contributed by atoms with van der Waals surface area (Å²) in [5.74, 6) is 0. The maximum Gasteiger partial charge on any atom is 0.405 e. The number of ether oxygens (including phenoxy) is 1. The Morgan fingerprint density at radius 1 is 1.53 bits per heavy atom. The number of hydrogen-bond acceptors (Lipinski definition) is 2. The largest absolute Gasteiger partial charge is 0.405 e. The van der Waals surface area contributed by atoms with Gasteiger partial charge in [-0.25, -0.2) is 4.79 Å². The van der Waals surface area contributed by atoms with Gasteiger partial charge in [-0.15, -0.1) is 0 Å². The lowest BCUT2D eigenvalue weighted by Gasteiger charge is -2.16. The molecule has 1 rings (SSSR count). The van der Waals surface area contributed by atoms with Crippen LogP contribution in [0.15, 0.2) is 0 Å². The summed E-state index contributed by atoms with van der Waals surface area (Å²) in [7, 11) is 0. The molecule has 4 nitrogen and oxygen atoms in total. The molecule has 2 amide bonds. The zero-order valence-corrected chi connectivity index (χ0v) is 8.23. The number of carbonyl (C=O) groups is 1. The molecule has 0 aromatic carbocycles. The number of carbonyl (C=O) groups excluding carboxylic acids is 1. The average molecular weight is 226 g/mol. The Morgan fingerprint density at radius 3 is 2.67 bits per heavy atom. The van der Waals surface area contributed by atoms with Crippen molar-refractivity contribution in [2.45, 2.75) is 31.7 Å². The molecular formula is C8H13F3N2O2. The predicted molar refractivity (Wildman–Crippen MR) is 46.4 cm³/mol. The first-order valence-electron chi connectivity index (χ1n) is 4.61. The second-order valence-electron chi connectivity index (χ2n) is 3.41. The van der Waals surface area contributed by atoms with E-state index in [1.54, 1.807) is 12.2 Å². The summed E-state index contributed by atoms with van der Waals surface area (Å²) in [6, 6.07) is -1.02. The summed E-state index contributed by atoms with van der Waals surface area (Å²) < 4.78 is 40.4. The molecule has 1 aliphatic heterocycles. The molecule has 0 aliphatic carbocycles. The molecule has 1 saturated heterocycles. The highest BCUT2D eigenvalue weighted by Crippen LogP contribution is 2.13. The van der Waals surface area contributed by atoms with Gasteiger partial charge in [0.05, 0.1) is 12.1 Å². The molecule has 0 aromatic rings. The summed E-state index contributed by atoms with van der Waals surface area (Å²) >= 11 is 0. The molecule has 7 heteroatoms. The first-order valence-corrected chi connectivity index (χ1v) is 4.61. The minimum absolute atomic E-state index is 0.151. The van der Waals surface area contributed by atoms with Crippen molar-refractivity contribution in [3.63, 3.8) is 0 Å². The molecule has 1 aliphatic rings. The number of nitrogens with one attached hydrogen (secondary N) is 2. The van der Waals surface area contributed by atoms with Crippen LogP contribution in [0.25, 0.3) is 0 Å². The van der Waals surface area contributed by atoms with Crippen LogP contribution in [-0.2, 0) is 4.74 Å². The second kappa shape index (κ2) is 4.69. The molecule has 0 radical (unpaired) electrons. The van der Waals surface area contributed by atoms with Crippen LogP contribution in [0.3, 0.4) is 0 Å². The van der Waals surface area contributed by atoms with E-state index in [0.717, 1.165) is 0 Å². The fourth-order valence-electron chi connectivity index (χ4n) is 1.32. The molecule has 2 N–H and O–H groups in total. The van der Waals surface area contributed by atoms with Gasteiger partial charge >= 0.3 is 12.2 Å². The van der Waals surface area contributed by atoms with E-state index < -0.39 is 18.8 Å². The highest BCUT2D eigenvalue weighted by atomic mass is 19.4. The van der Waals surface area contributed by atoms with Gasteiger partial charge in [0.2, 0.25) is 0 Å². The first kappa shape index (κ1) is 12.1. The van der Waals surface area contributed by atoms with E-state index in [1.165, 1.54) is 0 Å². The smallest absolute Gasteiger partial charge is 0.376 e. The van der Waals surface area contributed by atoms with Crippen molar-refractivity contribution >= 4 is 6.03 Å². The number of amides is 2. The number of alkyl halides is 3. The molecule has 1 heterocycles. The third-order valence-electron chi connectivity index (χ3n) is 2.14. The Bertz CT molecular complexity index is 232. The summed E-state index contributed by atoms with van der Waals surface area (Å²) in [4.78, 5) is 11.0. The number of hydrogen-bond donors (Lipinski definition) is 2. The highest BCUT2D eigenvalue weighted by Gasteiger charge is 2.29. The van der Waals surface area contributed by atoms with E-state index in [0.29, 0.717) is 13.0 Å². The molecule has 2 atom stereocenters. The number of halogens is 3. The van der Waals surface area contributed by atoms with Crippen molar-refractivity contribution < 1.29 is 22.7 Å². The maximum atomic E-state index is 11.7. The molecule has 0 saturated carbocycles. The monoisotopic (exact) mass is 226 g/mol. The van der Waals surface area contributed by atoms with Gasteiger partial charge in [-0.3, -0.25) is 0 Å². The highest BCUT2D eigenvalue weighted by molar-refractivity contribution is 5.74. The molecule has 0 spiro atoms. The van der Waals surface area contributed by atoms with Crippen molar-refractivity contribution in [1.82, 2.24) is 10.6 Å². The van der Waals surface area contributed by atoms with Crippen molar-refractivity contribution in [2.75, 3.05) is 13.2 Å². The van der Waals surface area contributed by atoms with Crippen LogP contribution < -0.4 is 10.6 Å². The van der Waals surface area contributed by atoms with Crippen molar-refractivity contribution in [1.29, 1.82) is 0 Å². The molecule has 15 heavy (non-hydrogen) atoms.